The van der Waals surface area contributed by atoms with Crippen molar-refractivity contribution in [3.05, 3.63) is 18.2 Å². The summed E-state index contributed by atoms with van der Waals surface area (Å²) in [5, 5.41) is 1.83. The molecule has 0 unspecified atom stereocenters. The molecule has 1 aromatic rings. The molecule has 72 valence electrons. The number of aromatic amines is 1. The number of carbonyl (C=O) groups excluding carboxylic acids is 1. The first-order valence-electron chi connectivity index (χ1n) is 4.12. The predicted octanol–water partition coefficient (Wildman–Crippen LogP) is -1.31. The Hall–Kier alpha value is -1.36. The van der Waals surface area contributed by atoms with Gasteiger partial charge in [0.15, 0.2) is 6.04 Å². The van der Waals surface area contributed by atoms with Crippen LogP contribution in [0.15, 0.2) is 12.5 Å². The van der Waals surface area contributed by atoms with E-state index >= 15 is 0 Å². The molecule has 0 saturated heterocycles. The lowest BCUT2D eigenvalue weighted by Gasteiger charge is -2.08. The predicted molar refractivity (Wildman–Crippen MR) is 45.9 cm³/mol. The molecule has 5 heteroatoms. The third-order valence-electron chi connectivity index (χ3n) is 1.90. The number of imidazole rings is 1. The van der Waals surface area contributed by atoms with Gasteiger partial charge in [-0.2, -0.15) is 0 Å². The van der Waals surface area contributed by atoms with E-state index in [9.17, 15) is 4.79 Å². The van der Waals surface area contributed by atoms with Crippen LogP contribution in [0.5, 0.6) is 0 Å². The Morgan fingerprint density at radius 2 is 2.62 bits per heavy atom. The summed E-state index contributed by atoms with van der Waals surface area (Å²) in [4.78, 5) is 18.0. The maximum Gasteiger partial charge on any atom is 0.364 e. The first kappa shape index (κ1) is 9.73. The highest BCUT2D eigenvalue weighted by Gasteiger charge is 2.21. The second-order valence-electron chi connectivity index (χ2n) is 2.74. The Bertz CT molecular complexity index is 258. The van der Waals surface area contributed by atoms with Crippen LogP contribution in [0, 0.1) is 0 Å². The van der Waals surface area contributed by atoms with E-state index in [2.05, 4.69) is 14.7 Å². The monoisotopic (exact) mass is 184 g/mol. The average Bonchev–Trinajstić information content (AvgIpc) is 2.65. The van der Waals surface area contributed by atoms with E-state index in [0.29, 0.717) is 6.42 Å². The van der Waals surface area contributed by atoms with Crippen molar-refractivity contribution in [1.29, 1.82) is 0 Å². The van der Waals surface area contributed by atoms with Gasteiger partial charge in [-0.05, 0) is 0 Å². The Balaban J connectivity index is 2.54. The maximum absolute atomic E-state index is 11.2. The van der Waals surface area contributed by atoms with Gasteiger partial charge in [-0.1, -0.05) is 0 Å². The van der Waals surface area contributed by atoms with Crippen molar-refractivity contribution in [3.63, 3.8) is 0 Å². The van der Waals surface area contributed by atoms with Crippen molar-refractivity contribution in [2.24, 2.45) is 0 Å². The summed E-state index contributed by atoms with van der Waals surface area (Å²) in [6.07, 6.45) is 3.92. The number of rotatable bonds is 4. The SMILES string of the molecule is C[NH2+][C@@H](Cc1cnc[nH]1)C(=O)OC. The summed E-state index contributed by atoms with van der Waals surface area (Å²) < 4.78 is 4.65. The first-order chi connectivity index (χ1) is 6.27. The number of H-pyrrole nitrogens is 1. The normalized spacial score (nSPS) is 12.5. The Morgan fingerprint density at radius 1 is 1.85 bits per heavy atom. The molecule has 1 atom stereocenters. The minimum absolute atomic E-state index is 0.189. The van der Waals surface area contributed by atoms with Crippen LogP contribution in [0.3, 0.4) is 0 Å². The van der Waals surface area contributed by atoms with Gasteiger partial charge in [0, 0.05) is 11.9 Å². The van der Waals surface area contributed by atoms with Gasteiger partial charge in [-0.25, -0.2) is 9.78 Å². The Kier molecular flexibility index (Phi) is 3.45. The summed E-state index contributed by atoms with van der Waals surface area (Å²) in [7, 11) is 3.24. The molecule has 1 rings (SSSR count). The quantitative estimate of drug-likeness (QED) is 0.570. The van der Waals surface area contributed by atoms with Crippen molar-refractivity contribution >= 4 is 5.97 Å². The highest BCUT2D eigenvalue weighted by molar-refractivity contribution is 5.74. The number of nitrogens with zero attached hydrogens (tertiary/aromatic N) is 1. The number of nitrogens with one attached hydrogen (secondary N) is 1. The lowest BCUT2D eigenvalue weighted by atomic mass is 10.2. The molecule has 0 aliphatic rings. The van der Waals surface area contributed by atoms with E-state index in [1.807, 2.05) is 12.4 Å². The second-order valence-corrected chi connectivity index (χ2v) is 2.74. The van der Waals surface area contributed by atoms with Gasteiger partial charge < -0.3 is 15.0 Å². The minimum atomic E-state index is -0.211. The van der Waals surface area contributed by atoms with Gasteiger partial charge in [-0.15, -0.1) is 0 Å². The molecule has 0 fully saturated rings. The van der Waals surface area contributed by atoms with E-state index in [1.165, 1.54) is 7.11 Å². The topological polar surface area (TPSA) is 71.6 Å². The number of likely N-dealkylation sites (N-methyl/N-ethyl adjacent to an activating group) is 1. The zero-order chi connectivity index (χ0) is 9.68. The van der Waals surface area contributed by atoms with Gasteiger partial charge in [0.2, 0.25) is 0 Å². The number of hydrogen-bond donors (Lipinski definition) is 2. The van der Waals surface area contributed by atoms with Crippen LogP contribution in [0.25, 0.3) is 0 Å². The fourth-order valence-electron chi connectivity index (χ4n) is 1.12. The fourth-order valence-corrected chi connectivity index (χ4v) is 1.12. The zero-order valence-corrected chi connectivity index (χ0v) is 7.78. The van der Waals surface area contributed by atoms with Crippen LogP contribution in [0.2, 0.25) is 0 Å². The van der Waals surface area contributed by atoms with E-state index in [4.69, 9.17) is 0 Å². The highest BCUT2D eigenvalue weighted by Crippen LogP contribution is 1.96. The van der Waals surface area contributed by atoms with Gasteiger partial charge in [0.05, 0.1) is 26.9 Å². The number of quaternary nitrogens is 1. The summed E-state index contributed by atoms with van der Waals surface area (Å²) >= 11 is 0. The zero-order valence-electron chi connectivity index (χ0n) is 7.78. The van der Waals surface area contributed by atoms with E-state index in [0.717, 1.165) is 5.69 Å². The molecule has 1 aromatic heterocycles. The first-order valence-corrected chi connectivity index (χ1v) is 4.12. The lowest BCUT2D eigenvalue weighted by molar-refractivity contribution is -0.651. The van der Waals surface area contributed by atoms with Gasteiger partial charge in [-0.3, -0.25) is 0 Å². The number of esters is 1. The average molecular weight is 184 g/mol. The third kappa shape index (κ3) is 2.55. The molecule has 0 bridgehead atoms. The molecular weight excluding hydrogens is 170 g/mol. The minimum Gasteiger partial charge on any atom is -0.465 e. The van der Waals surface area contributed by atoms with Crippen LogP contribution in [0.4, 0.5) is 0 Å². The maximum atomic E-state index is 11.2. The molecular formula is C8H14N3O2+. The van der Waals surface area contributed by atoms with Gasteiger partial charge >= 0.3 is 5.97 Å². The largest absolute Gasteiger partial charge is 0.465 e. The van der Waals surface area contributed by atoms with Crippen molar-refractivity contribution < 1.29 is 14.8 Å². The molecule has 0 spiro atoms. The van der Waals surface area contributed by atoms with Crippen LogP contribution in [-0.4, -0.2) is 36.1 Å². The number of hydrogen-bond acceptors (Lipinski definition) is 3. The van der Waals surface area contributed by atoms with Crippen molar-refractivity contribution in [1.82, 2.24) is 9.97 Å². The second kappa shape index (κ2) is 4.61. The van der Waals surface area contributed by atoms with Gasteiger partial charge in [0.25, 0.3) is 0 Å². The molecule has 1 heterocycles. The number of carbonyl (C=O) groups is 1. The molecule has 0 radical (unpaired) electrons. The van der Waals surface area contributed by atoms with Crippen molar-refractivity contribution in [2.45, 2.75) is 12.5 Å². The molecule has 13 heavy (non-hydrogen) atoms. The number of aromatic nitrogens is 2. The molecule has 0 aliphatic carbocycles. The van der Waals surface area contributed by atoms with E-state index < -0.39 is 0 Å². The summed E-state index contributed by atoms with van der Waals surface area (Å²) in [6.45, 7) is 0. The number of ether oxygens (including phenoxy) is 1. The molecule has 3 N–H and O–H groups in total. The molecule has 0 aromatic carbocycles. The van der Waals surface area contributed by atoms with E-state index in [-0.39, 0.29) is 12.0 Å². The summed E-state index contributed by atoms with van der Waals surface area (Å²) in [5.74, 6) is -0.211. The smallest absolute Gasteiger partial charge is 0.364 e. The Morgan fingerprint density at radius 3 is 3.08 bits per heavy atom. The van der Waals surface area contributed by atoms with E-state index in [1.54, 1.807) is 12.5 Å². The Labute approximate surface area is 76.5 Å². The molecule has 0 amide bonds. The van der Waals surface area contributed by atoms with Crippen molar-refractivity contribution in [2.75, 3.05) is 14.2 Å². The summed E-state index contributed by atoms with van der Waals surface area (Å²) in [6, 6.07) is -0.189. The third-order valence-corrected chi connectivity index (χ3v) is 1.90. The standard InChI is InChI=1S/C8H13N3O2/c1-9-7(8(12)13-2)3-6-4-10-5-11-6/h4-5,7,9H,3H2,1-2H3,(H,10,11)/p+1/t7-/m0/s1. The number of methoxy groups -OCH3 is 1. The molecule has 5 nitrogen and oxygen atoms in total. The van der Waals surface area contributed by atoms with Crippen molar-refractivity contribution in [3.8, 4) is 0 Å². The van der Waals surface area contributed by atoms with Crippen LogP contribution in [0.1, 0.15) is 5.69 Å². The number of nitrogens with two attached hydrogens (primary N) is 1. The summed E-state index contributed by atoms with van der Waals surface area (Å²) in [5.41, 5.74) is 0.938. The van der Waals surface area contributed by atoms with Crippen LogP contribution >= 0.6 is 0 Å². The van der Waals surface area contributed by atoms with Crippen LogP contribution < -0.4 is 5.32 Å². The molecule has 0 saturated carbocycles. The lowest BCUT2D eigenvalue weighted by Crippen LogP contribution is -2.89. The molecule has 0 aliphatic heterocycles. The van der Waals surface area contributed by atoms with Gasteiger partial charge in [0.1, 0.15) is 0 Å². The highest BCUT2D eigenvalue weighted by atomic mass is 16.5. The fraction of sp³-hybridized carbons (Fsp3) is 0.500. The van der Waals surface area contributed by atoms with Crippen LogP contribution in [-0.2, 0) is 16.0 Å².